The molecule has 0 bridgehead atoms. The van der Waals surface area contributed by atoms with Gasteiger partial charge in [0.05, 0.1) is 0 Å². The van der Waals surface area contributed by atoms with E-state index >= 15 is 0 Å². The van der Waals surface area contributed by atoms with Crippen LogP contribution in [0.3, 0.4) is 0 Å². The van der Waals surface area contributed by atoms with Crippen LogP contribution < -0.4 is 5.32 Å². The van der Waals surface area contributed by atoms with Crippen LogP contribution in [0.5, 0.6) is 0 Å². The summed E-state index contributed by atoms with van der Waals surface area (Å²) in [6.45, 7) is 7.88. The summed E-state index contributed by atoms with van der Waals surface area (Å²) in [6, 6.07) is 7.48. The Morgan fingerprint density at radius 1 is 1.25 bits per heavy atom. The number of hydrogen-bond acceptors (Lipinski definition) is 1. The van der Waals surface area contributed by atoms with Gasteiger partial charge in [-0.25, -0.2) is 0 Å². The molecular weight excluding hydrogens is 194 g/mol. The number of hydrogen-bond donors (Lipinski definition) is 1. The normalized spacial score (nSPS) is 25.7. The first kappa shape index (κ1) is 11.7. The van der Waals surface area contributed by atoms with Crippen LogP contribution in [0.4, 0.5) is 0 Å². The molecule has 88 valence electrons. The number of aryl methyl sites for hydroxylation is 2. The zero-order valence-electron chi connectivity index (χ0n) is 10.7. The highest BCUT2D eigenvalue weighted by atomic mass is 14.9. The van der Waals surface area contributed by atoms with Crippen LogP contribution in [0, 0.1) is 19.8 Å². The Morgan fingerprint density at radius 3 is 2.75 bits per heavy atom. The average Bonchev–Trinajstić information content (AvgIpc) is 2.33. The summed E-state index contributed by atoms with van der Waals surface area (Å²) in [5, 5.41) is 3.65. The number of piperidine rings is 1. The van der Waals surface area contributed by atoms with Crippen LogP contribution in [0.25, 0.3) is 0 Å². The molecule has 2 atom stereocenters. The van der Waals surface area contributed by atoms with Crippen molar-refractivity contribution in [3.8, 4) is 0 Å². The van der Waals surface area contributed by atoms with Gasteiger partial charge in [0, 0.05) is 6.04 Å². The quantitative estimate of drug-likeness (QED) is 0.795. The topological polar surface area (TPSA) is 12.0 Å². The second kappa shape index (κ2) is 5.01. The van der Waals surface area contributed by atoms with Crippen LogP contribution in [0.15, 0.2) is 18.2 Å². The molecule has 0 saturated carbocycles. The summed E-state index contributed by atoms with van der Waals surface area (Å²) in [5.74, 6) is 0.910. The molecule has 1 fully saturated rings. The maximum Gasteiger partial charge on any atom is 0.0322 e. The summed E-state index contributed by atoms with van der Waals surface area (Å²) >= 11 is 0. The van der Waals surface area contributed by atoms with Crippen molar-refractivity contribution >= 4 is 0 Å². The second-order valence-corrected chi connectivity index (χ2v) is 5.15. The molecule has 1 heteroatoms. The van der Waals surface area contributed by atoms with Crippen molar-refractivity contribution in [3.63, 3.8) is 0 Å². The molecule has 2 unspecified atom stereocenters. The van der Waals surface area contributed by atoms with Gasteiger partial charge < -0.3 is 5.32 Å². The molecule has 16 heavy (non-hydrogen) atoms. The highest BCUT2D eigenvalue weighted by Gasteiger charge is 2.21. The monoisotopic (exact) mass is 217 g/mol. The Kier molecular flexibility index (Phi) is 3.65. The Morgan fingerprint density at radius 2 is 2.06 bits per heavy atom. The van der Waals surface area contributed by atoms with Gasteiger partial charge in [0.25, 0.3) is 0 Å². The van der Waals surface area contributed by atoms with E-state index in [-0.39, 0.29) is 0 Å². The van der Waals surface area contributed by atoms with E-state index in [1.54, 1.807) is 0 Å². The van der Waals surface area contributed by atoms with Gasteiger partial charge in [0.1, 0.15) is 0 Å². The van der Waals surface area contributed by atoms with E-state index in [1.165, 1.54) is 42.5 Å². The minimum absolute atomic E-state index is 0.581. The third-order valence-corrected chi connectivity index (χ3v) is 4.02. The zero-order chi connectivity index (χ0) is 11.5. The Labute approximate surface area is 99.3 Å². The lowest BCUT2D eigenvalue weighted by Crippen LogP contribution is -2.31. The largest absolute Gasteiger partial charge is 0.310 e. The molecule has 1 aliphatic rings. The van der Waals surface area contributed by atoms with Gasteiger partial charge >= 0.3 is 0 Å². The maximum absolute atomic E-state index is 3.65. The highest BCUT2D eigenvalue weighted by molar-refractivity contribution is 5.31. The van der Waals surface area contributed by atoms with Gasteiger partial charge in [-0.2, -0.15) is 0 Å². The molecule has 2 rings (SSSR count). The molecule has 0 amide bonds. The summed E-state index contributed by atoms with van der Waals surface area (Å²) in [6.07, 6.45) is 3.97. The molecule has 0 spiro atoms. The molecule has 0 aromatic heterocycles. The van der Waals surface area contributed by atoms with E-state index < -0.39 is 0 Å². The van der Waals surface area contributed by atoms with E-state index in [0.29, 0.717) is 6.04 Å². The lowest BCUT2D eigenvalue weighted by molar-refractivity contribution is 0.299. The van der Waals surface area contributed by atoms with Gasteiger partial charge in [-0.3, -0.25) is 0 Å². The Balaban J connectivity index is 2.13. The lowest BCUT2D eigenvalue weighted by atomic mass is 9.86. The molecule has 1 aromatic rings. The van der Waals surface area contributed by atoms with Crippen molar-refractivity contribution < 1.29 is 0 Å². The van der Waals surface area contributed by atoms with Crippen LogP contribution in [-0.4, -0.2) is 6.54 Å². The predicted octanol–water partition coefficient (Wildman–Crippen LogP) is 3.75. The minimum Gasteiger partial charge on any atom is -0.310 e. The van der Waals surface area contributed by atoms with Crippen LogP contribution >= 0.6 is 0 Å². The van der Waals surface area contributed by atoms with Crippen LogP contribution in [0.2, 0.25) is 0 Å². The molecular formula is C15H23N. The molecule has 1 aromatic carbocycles. The van der Waals surface area contributed by atoms with Gasteiger partial charge in [-0.1, -0.05) is 31.5 Å². The molecule has 0 aliphatic carbocycles. The van der Waals surface area contributed by atoms with Gasteiger partial charge in [0.15, 0.2) is 0 Å². The van der Waals surface area contributed by atoms with E-state index in [4.69, 9.17) is 0 Å². The minimum atomic E-state index is 0.581. The van der Waals surface area contributed by atoms with Crippen molar-refractivity contribution in [2.45, 2.75) is 46.1 Å². The van der Waals surface area contributed by atoms with Crippen molar-refractivity contribution in [3.05, 3.63) is 34.9 Å². The molecule has 1 aliphatic heterocycles. The molecule has 0 radical (unpaired) electrons. The third kappa shape index (κ3) is 2.46. The molecule has 1 N–H and O–H groups in total. The number of nitrogens with one attached hydrogen (secondary N) is 1. The molecule has 1 heterocycles. The Hall–Kier alpha value is -0.820. The Bertz CT molecular complexity index is 356. The summed E-state index contributed by atoms with van der Waals surface area (Å²) in [7, 11) is 0. The third-order valence-electron chi connectivity index (χ3n) is 4.02. The van der Waals surface area contributed by atoms with Crippen molar-refractivity contribution in [2.24, 2.45) is 5.92 Å². The van der Waals surface area contributed by atoms with Crippen molar-refractivity contribution in [2.75, 3.05) is 6.54 Å². The molecule has 1 saturated heterocycles. The van der Waals surface area contributed by atoms with E-state index in [9.17, 15) is 0 Å². The van der Waals surface area contributed by atoms with Crippen molar-refractivity contribution in [1.29, 1.82) is 0 Å². The number of rotatable bonds is 2. The van der Waals surface area contributed by atoms with E-state index in [1.807, 2.05) is 0 Å². The first-order valence-electron chi connectivity index (χ1n) is 6.51. The molecule has 1 nitrogen and oxygen atoms in total. The van der Waals surface area contributed by atoms with Crippen LogP contribution in [-0.2, 0) is 0 Å². The summed E-state index contributed by atoms with van der Waals surface area (Å²) in [5.41, 5.74) is 4.28. The fraction of sp³-hybridized carbons (Fsp3) is 0.600. The predicted molar refractivity (Wildman–Crippen MR) is 69.7 cm³/mol. The van der Waals surface area contributed by atoms with Crippen LogP contribution in [0.1, 0.15) is 48.9 Å². The van der Waals surface area contributed by atoms with Gasteiger partial charge in [0.2, 0.25) is 0 Å². The SMILES string of the molecule is CCC1CCNC(c2ccc(C)c(C)c2)C1. The fourth-order valence-electron chi connectivity index (χ4n) is 2.60. The smallest absolute Gasteiger partial charge is 0.0322 e. The fourth-order valence-corrected chi connectivity index (χ4v) is 2.60. The maximum atomic E-state index is 3.65. The summed E-state index contributed by atoms with van der Waals surface area (Å²) < 4.78 is 0. The first-order valence-corrected chi connectivity index (χ1v) is 6.51. The van der Waals surface area contributed by atoms with Crippen molar-refractivity contribution in [1.82, 2.24) is 5.32 Å². The standard InChI is InChI=1S/C15H23N/c1-4-13-7-8-16-15(10-13)14-6-5-11(2)12(3)9-14/h5-6,9,13,15-16H,4,7-8,10H2,1-3H3. The first-order chi connectivity index (χ1) is 7.70. The van der Waals surface area contributed by atoms with Gasteiger partial charge in [-0.15, -0.1) is 0 Å². The summed E-state index contributed by atoms with van der Waals surface area (Å²) in [4.78, 5) is 0. The lowest BCUT2D eigenvalue weighted by Gasteiger charge is -2.30. The highest BCUT2D eigenvalue weighted by Crippen LogP contribution is 2.29. The average molecular weight is 217 g/mol. The van der Waals surface area contributed by atoms with Gasteiger partial charge in [-0.05, 0) is 55.8 Å². The second-order valence-electron chi connectivity index (χ2n) is 5.15. The van der Waals surface area contributed by atoms with E-state index in [2.05, 4.69) is 44.3 Å². The number of benzene rings is 1. The van der Waals surface area contributed by atoms with E-state index in [0.717, 1.165) is 5.92 Å². The zero-order valence-corrected chi connectivity index (χ0v) is 10.7.